The lowest BCUT2D eigenvalue weighted by Crippen LogP contribution is -2.53. The number of benzene rings is 4. The van der Waals surface area contributed by atoms with Crippen molar-refractivity contribution in [3.8, 4) is 5.75 Å². The molecule has 0 saturated carbocycles. The predicted molar refractivity (Wildman–Crippen MR) is 188 cm³/mol. The van der Waals surface area contributed by atoms with Gasteiger partial charge in [-0.3, -0.25) is 13.9 Å². The smallest absolute Gasteiger partial charge is 0.264 e. The lowest BCUT2D eigenvalue weighted by atomic mass is 10.0. The first-order chi connectivity index (χ1) is 22.2. The minimum Gasteiger partial charge on any atom is -0.494 e. The Morgan fingerprint density at radius 1 is 0.870 bits per heavy atom. The molecule has 4 rings (SSSR count). The van der Waals surface area contributed by atoms with Crippen molar-refractivity contribution >= 4 is 55.2 Å². The van der Waals surface area contributed by atoms with E-state index in [-0.39, 0.29) is 23.8 Å². The van der Waals surface area contributed by atoms with Crippen molar-refractivity contribution in [2.45, 2.75) is 42.6 Å². The van der Waals surface area contributed by atoms with Gasteiger partial charge in [0.2, 0.25) is 11.8 Å². The number of nitrogens with zero attached hydrogens (tertiary/aromatic N) is 2. The maximum absolute atomic E-state index is 14.5. The number of hydrogen-bond donors (Lipinski definition) is 1. The largest absolute Gasteiger partial charge is 0.494 e. The first-order valence-electron chi connectivity index (χ1n) is 14.9. The van der Waals surface area contributed by atoms with Crippen molar-refractivity contribution in [2.24, 2.45) is 0 Å². The number of amides is 2. The van der Waals surface area contributed by atoms with Gasteiger partial charge in [0, 0.05) is 28.9 Å². The van der Waals surface area contributed by atoms with Gasteiger partial charge in [0.15, 0.2) is 0 Å². The average Bonchev–Trinajstić information content (AvgIpc) is 3.07. The van der Waals surface area contributed by atoms with Crippen LogP contribution in [0.4, 0.5) is 5.69 Å². The van der Waals surface area contributed by atoms with Gasteiger partial charge in [-0.25, -0.2) is 8.42 Å². The third-order valence-corrected chi connectivity index (χ3v) is 10.3. The van der Waals surface area contributed by atoms with E-state index in [4.69, 9.17) is 4.74 Å². The number of anilines is 1. The molecule has 46 heavy (non-hydrogen) atoms. The van der Waals surface area contributed by atoms with Crippen LogP contribution in [0.5, 0.6) is 5.75 Å². The molecular weight excluding hydrogens is 686 g/mol. The second-order valence-electron chi connectivity index (χ2n) is 10.4. The molecule has 0 bridgehead atoms. The third-order valence-electron chi connectivity index (χ3n) is 7.25. The summed E-state index contributed by atoms with van der Waals surface area (Å²) in [4.78, 5) is 30.5. The van der Waals surface area contributed by atoms with E-state index >= 15 is 0 Å². The van der Waals surface area contributed by atoms with E-state index in [1.807, 2.05) is 74.7 Å². The molecule has 4 aromatic carbocycles. The number of sulfonamides is 1. The summed E-state index contributed by atoms with van der Waals surface area (Å²) >= 11 is 4.96. The van der Waals surface area contributed by atoms with Gasteiger partial charge in [-0.15, -0.1) is 11.8 Å². The zero-order valence-corrected chi connectivity index (χ0v) is 29.3. The maximum Gasteiger partial charge on any atom is 0.264 e. The minimum absolute atomic E-state index is 0.0519. The van der Waals surface area contributed by atoms with Crippen LogP contribution in [0.3, 0.4) is 0 Å². The van der Waals surface area contributed by atoms with E-state index in [2.05, 4.69) is 21.2 Å². The maximum atomic E-state index is 14.5. The predicted octanol–water partition coefficient (Wildman–Crippen LogP) is 6.54. The molecule has 0 aromatic heterocycles. The molecule has 0 aliphatic rings. The van der Waals surface area contributed by atoms with Gasteiger partial charge in [-0.1, -0.05) is 58.4 Å². The highest BCUT2D eigenvalue weighted by molar-refractivity contribution is 9.10. The van der Waals surface area contributed by atoms with Crippen molar-refractivity contribution in [2.75, 3.05) is 30.3 Å². The fourth-order valence-electron chi connectivity index (χ4n) is 4.91. The van der Waals surface area contributed by atoms with Gasteiger partial charge in [0.25, 0.3) is 10.0 Å². The van der Waals surface area contributed by atoms with Crippen molar-refractivity contribution < 1.29 is 22.7 Å². The summed E-state index contributed by atoms with van der Waals surface area (Å²) in [5.74, 6) is -0.261. The van der Waals surface area contributed by atoms with Crippen LogP contribution in [-0.4, -0.2) is 57.1 Å². The number of ether oxygens (including phenoxy) is 1. The Balaban J connectivity index is 1.79. The topological polar surface area (TPSA) is 96.0 Å². The molecule has 0 spiro atoms. The number of halogens is 1. The normalized spacial score (nSPS) is 11.8. The number of nitrogens with one attached hydrogen (secondary N) is 1. The Hall–Kier alpha value is -3.80. The molecule has 11 heteroatoms. The van der Waals surface area contributed by atoms with Gasteiger partial charge >= 0.3 is 0 Å². The Morgan fingerprint density at radius 2 is 1.52 bits per heavy atom. The minimum atomic E-state index is -4.20. The second-order valence-corrected chi connectivity index (χ2v) is 14.0. The number of carbonyl (C=O) groups is 2. The average molecular weight is 725 g/mol. The second kappa shape index (κ2) is 16.7. The van der Waals surface area contributed by atoms with E-state index in [0.717, 1.165) is 24.8 Å². The Morgan fingerprint density at radius 3 is 2.11 bits per heavy atom. The van der Waals surface area contributed by atoms with E-state index in [0.29, 0.717) is 24.6 Å². The number of carbonyl (C=O) groups excluding carboxylic acids is 2. The van der Waals surface area contributed by atoms with Gasteiger partial charge in [-0.2, -0.15) is 0 Å². The quantitative estimate of drug-likeness (QED) is 0.140. The molecule has 2 amide bonds. The zero-order chi connectivity index (χ0) is 33.1. The van der Waals surface area contributed by atoms with Crippen LogP contribution in [0.1, 0.15) is 25.0 Å². The van der Waals surface area contributed by atoms with E-state index in [9.17, 15) is 18.0 Å². The molecule has 0 unspecified atom stereocenters. The van der Waals surface area contributed by atoms with Crippen molar-refractivity contribution in [1.29, 1.82) is 0 Å². The molecule has 0 aliphatic heterocycles. The van der Waals surface area contributed by atoms with Crippen LogP contribution in [0.2, 0.25) is 0 Å². The van der Waals surface area contributed by atoms with Gasteiger partial charge < -0.3 is 15.0 Å². The highest BCUT2D eigenvalue weighted by Crippen LogP contribution is 2.28. The monoisotopic (exact) mass is 723 g/mol. The molecule has 0 aliphatic carbocycles. The molecule has 0 heterocycles. The Kier molecular flexibility index (Phi) is 12.7. The van der Waals surface area contributed by atoms with Crippen LogP contribution in [0.25, 0.3) is 0 Å². The molecule has 0 radical (unpaired) electrons. The van der Waals surface area contributed by atoms with Crippen LogP contribution in [0, 0.1) is 0 Å². The summed E-state index contributed by atoms with van der Waals surface area (Å²) in [6.07, 6.45) is 2.16. The fourth-order valence-corrected chi connectivity index (χ4v) is 7.00. The van der Waals surface area contributed by atoms with Crippen LogP contribution < -0.4 is 14.4 Å². The van der Waals surface area contributed by atoms with Crippen LogP contribution in [-0.2, 0) is 32.6 Å². The highest BCUT2D eigenvalue weighted by atomic mass is 79.9. The summed E-state index contributed by atoms with van der Waals surface area (Å²) in [5, 5.41) is 2.88. The van der Waals surface area contributed by atoms with Crippen LogP contribution >= 0.6 is 27.7 Å². The number of rotatable bonds is 15. The lowest BCUT2D eigenvalue weighted by molar-refractivity contribution is -0.140. The van der Waals surface area contributed by atoms with E-state index < -0.39 is 28.5 Å². The van der Waals surface area contributed by atoms with Crippen molar-refractivity contribution in [3.63, 3.8) is 0 Å². The summed E-state index contributed by atoms with van der Waals surface area (Å²) in [6, 6.07) is 29.2. The molecule has 1 N–H and O–H groups in total. The SMILES string of the molecule is CCNC(=O)[C@H](Cc1ccccc1)N(Cc1ccc(Br)cc1)C(=O)CN(c1ccc(OCC)cc1)S(=O)(=O)c1ccc(SC)cc1. The summed E-state index contributed by atoms with van der Waals surface area (Å²) in [5.41, 5.74) is 1.96. The highest BCUT2D eigenvalue weighted by Gasteiger charge is 2.34. The zero-order valence-electron chi connectivity index (χ0n) is 26.1. The van der Waals surface area contributed by atoms with Crippen molar-refractivity contribution in [1.82, 2.24) is 10.2 Å². The number of thioether (sulfide) groups is 1. The molecular formula is C35H38BrN3O5S2. The molecule has 0 fully saturated rings. The lowest BCUT2D eigenvalue weighted by Gasteiger charge is -2.34. The fraction of sp³-hybridized carbons (Fsp3) is 0.257. The number of hydrogen-bond acceptors (Lipinski definition) is 6. The summed E-state index contributed by atoms with van der Waals surface area (Å²) in [7, 11) is -4.20. The molecule has 4 aromatic rings. The number of likely N-dealkylation sites (N-methyl/N-ethyl adjacent to an activating group) is 1. The molecule has 0 saturated heterocycles. The van der Waals surface area contributed by atoms with E-state index in [1.165, 1.54) is 16.7 Å². The van der Waals surface area contributed by atoms with Crippen LogP contribution in [0.15, 0.2) is 117 Å². The molecule has 1 atom stereocenters. The molecule has 242 valence electrons. The van der Waals surface area contributed by atoms with Crippen molar-refractivity contribution in [3.05, 3.63) is 119 Å². The molecule has 8 nitrogen and oxygen atoms in total. The Bertz CT molecular complexity index is 1690. The summed E-state index contributed by atoms with van der Waals surface area (Å²) in [6.45, 7) is 4.09. The van der Waals surface area contributed by atoms with Gasteiger partial charge in [0.1, 0.15) is 18.3 Å². The Labute approximate surface area is 284 Å². The standard InChI is InChI=1S/C35H38BrN3O5S2/c1-4-37-35(41)33(23-26-9-7-6-8-10-26)38(24-27-11-13-28(36)14-12-27)34(40)25-39(29-15-17-30(18-16-29)44-5-2)46(42,43)32-21-19-31(45-3)20-22-32/h6-22,33H,4-5,23-25H2,1-3H3,(H,37,41)/t33-/m0/s1. The van der Waals surface area contributed by atoms with Gasteiger partial charge in [-0.05, 0) is 91.9 Å². The third kappa shape index (κ3) is 9.14. The van der Waals surface area contributed by atoms with Gasteiger partial charge in [0.05, 0.1) is 17.2 Å². The first kappa shape index (κ1) is 35.1. The van der Waals surface area contributed by atoms with E-state index in [1.54, 1.807) is 48.5 Å². The summed E-state index contributed by atoms with van der Waals surface area (Å²) < 4.78 is 36.0. The first-order valence-corrected chi connectivity index (χ1v) is 18.4.